The van der Waals surface area contributed by atoms with E-state index in [9.17, 15) is 26.4 Å². The van der Waals surface area contributed by atoms with Crippen LogP contribution in [-0.4, -0.2) is 26.6 Å². The average molecular weight is 325 g/mol. The normalized spacial score (nSPS) is 22.6. The predicted molar refractivity (Wildman–Crippen MR) is 63.9 cm³/mol. The summed E-state index contributed by atoms with van der Waals surface area (Å²) in [6, 6.07) is 4.81. The van der Waals surface area contributed by atoms with Crippen LogP contribution in [0, 0.1) is 0 Å². The number of amides is 1. The van der Waals surface area contributed by atoms with Gasteiger partial charge < -0.3 is 14.2 Å². The van der Waals surface area contributed by atoms with Gasteiger partial charge in [0.05, 0.1) is 5.54 Å². The Kier molecular flexibility index (Phi) is 3.52. The number of hydrogen-bond donors (Lipinski definition) is 1. The minimum absolute atomic E-state index is 0.0485. The fraction of sp³-hybridized carbons (Fsp3) is 0.364. The molecule has 116 valence electrons. The number of ether oxygens (including phenoxy) is 1. The molecule has 1 fully saturated rings. The summed E-state index contributed by atoms with van der Waals surface area (Å²) in [5.41, 5.74) is -5.80. The van der Waals surface area contributed by atoms with Gasteiger partial charge in [-0.2, -0.15) is 21.6 Å². The Labute approximate surface area is 118 Å². The number of hydrogen-bond acceptors (Lipinski definition) is 5. The lowest BCUT2D eigenvalue weighted by molar-refractivity contribution is -0.0500. The molecule has 1 heterocycles. The van der Waals surface area contributed by atoms with Gasteiger partial charge >= 0.3 is 21.7 Å². The Balaban J connectivity index is 2.19. The van der Waals surface area contributed by atoms with Crippen molar-refractivity contribution in [3.05, 3.63) is 29.8 Å². The number of cyclic esters (lactones) is 1. The highest BCUT2D eigenvalue weighted by Crippen LogP contribution is 2.30. The van der Waals surface area contributed by atoms with Gasteiger partial charge in [-0.1, -0.05) is 12.1 Å². The zero-order valence-corrected chi connectivity index (χ0v) is 11.4. The Morgan fingerprint density at radius 1 is 1.29 bits per heavy atom. The number of rotatable bonds is 3. The molecule has 0 bridgehead atoms. The molecule has 1 aromatic rings. The second kappa shape index (κ2) is 4.79. The fourth-order valence-corrected chi connectivity index (χ4v) is 2.17. The molecule has 0 aliphatic carbocycles. The highest BCUT2D eigenvalue weighted by atomic mass is 32.2. The summed E-state index contributed by atoms with van der Waals surface area (Å²) >= 11 is 0. The van der Waals surface area contributed by atoms with Crippen molar-refractivity contribution in [2.24, 2.45) is 0 Å². The monoisotopic (exact) mass is 325 g/mol. The SMILES string of the molecule is C[C@@]1(c2ccc(OS(=O)(=O)C(F)(F)F)cc2)COC(=O)N1. The standard InChI is InChI=1S/C11H10F3NO5S/c1-10(6-19-9(16)15-10)7-2-4-8(5-3-7)20-21(17,18)11(12,13)14/h2-5H,6H2,1H3,(H,15,16)/t10-/m0/s1. The van der Waals surface area contributed by atoms with Gasteiger partial charge in [0.2, 0.25) is 0 Å². The molecule has 1 N–H and O–H groups in total. The first kappa shape index (κ1) is 15.4. The molecule has 6 nitrogen and oxygen atoms in total. The number of nitrogens with one attached hydrogen (secondary N) is 1. The second-order valence-corrected chi connectivity index (χ2v) is 6.08. The van der Waals surface area contributed by atoms with E-state index in [-0.39, 0.29) is 6.61 Å². The maximum absolute atomic E-state index is 12.2. The minimum Gasteiger partial charge on any atom is -0.447 e. The van der Waals surface area contributed by atoms with Gasteiger partial charge in [-0.25, -0.2) is 4.79 Å². The molecule has 0 saturated carbocycles. The summed E-state index contributed by atoms with van der Waals surface area (Å²) < 4.78 is 66.9. The van der Waals surface area contributed by atoms with E-state index in [1.807, 2.05) is 0 Å². The molecule has 0 unspecified atom stereocenters. The molecule has 0 aromatic heterocycles. The summed E-state index contributed by atoms with van der Waals surface area (Å²) in [5, 5.41) is 2.54. The lowest BCUT2D eigenvalue weighted by atomic mass is 9.94. The summed E-state index contributed by atoms with van der Waals surface area (Å²) in [6.07, 6.45) is -0.613. The van der Waals surface area contributed by atoms with Crippen LogP contribution < -0.4 is 9.50 Å². The van der Waals surface area contributed by atoms with Gasteiger partial charge in [0.25, 0.3) is 0 Å². The predicted octanol–water partition coefficient (Wildman–Crippen LogP) is 1.87. The van der Waals surface area contributed by atoms with Crippen molar-refractivity contribution in [3.8, 4) is 5.75 Å². The third-order valence-corrected chi connectivity index (χ3v) is 3.83. The van der Waals surface area contributed by atoms with Crippen molar-refractivity contribution in [2.45, 2.75) is 18.0 Å². The first-order valence-electron chi connectivity index (χ1n) is 5.60. The largest absolute Gasteiger partial charge is 0.534 e. The zero-order valence-electron chi connectivity index (χ0n) is 10.6. The van der Waals surface area contributed by atoms with Crippen molar-refractivity contribution < 1.29 is 35.3 Å². The third kappa shape index (κ3) is 3.04. The van der Waals surface area contributed by atoms with E-state index in [1.54, 1.807) is 6.92 Å². The summed E-state index contributed by atoms with van der Waals surface area (Å²) in [7, 11) is -5.70. The number of alkyl carbamates (subject to hydrolysis) is 1. The van der Waals surface area contributed by atoms with Crippen LogP contribution in [0.2, 0.25) is 0 Å². The minimum atomic E-state index is -5.70. The summed E-state index contributed by atoms with van der Waals surface area (Å²) in [6.45, 7) is 1.70. The molecule has 0 spiro atoms. The Hall–Kier alpha value is -1.97. The van der Waals surface area contributed by atoms with Crippen LogP contribution in [-0.2, 0) is 20.4 Å². The molecular formula is C11H10F3NO5S. The highest BCUT2D eigenvalue weighted by Gasteiger charge is 2.48. The van der Waals surface area contributed by atoms with Crippen molar-refractivity contribution in [1.29, 1.82) is 0 Å². The van der Waals surface area contributed by atoms with Gasteiger partial charge in [-0.15, -0.1) is 0 Å². The highest BCUT2D eigenvalue weighted by molar-refractivity contribution is 7.87. The maximum atomic E-state index is 12.2. The molecule has 21 heavy (non-hydrogen) atoms. The van der Waals surface area contributed by atoms with Gasteiger partial charge in [-0.05, 0) is 24.6 Å². The Bertz CT molecular complexity index is 655. The van der Waals surface area contributed by atoms with Crippen LogP contribution in [0.25, 0.3) is 0 Å². The molecule has 1 amide bonds. The second-order valence-electron chi connectivity index (χ2n) is 4.54. The Morgan fingerprint density at radius 2 is 1.86 bits per heavy atom. The number of alkyl halides is 3. The number of carbonyl (C=O) groups is 1. The first-order valence-corrected chi connectivity index (χ1v) is 7.01. The van der Waals surface area contributed by atoms with Crippen molar-refractivity contribution in [1.82, 2.24) is 5.32 Å². The zero-order chi connectivity index (χ0) is 15.9. The average Bonchev–Trinajstić information content (AvgIpc) is 2.69. The van der Waals surface area contributed by atoms with Crippen molar-refractivity contribution >= 4 is 16.2 Å². The van der Waals surface area contributed by atoms with Crippen molar-refractivity contribution in [3.63, 3.8) is 0 Å². The third-order valence-electron chi connectivity index (χ3n) is 2.85. The van der Waals surface area contributed by atoms with E-state index < -0.39 is 33.0 Å². The summed E-state index contributed by atoms with van der Waals surface area (Å²) in [5.74, 6) is -0.482. The molecule has 1 aromatic carbocycles. The van der Waals surface area contributed by atoms with Crippen LogP contribution in [0.1, 0.15) is 12.5 Å². The quantitative estimate of drug-likeness (QED) is 0.678. The first-order chi connectivity index (χ1) is 9.53. The Morgan fingerprint density at radius 3 is 2.29 bits per heavy atom. The molecule has 1 aliphatic heterocycles. The van der Waals surface area contributed by atoms with Crippen LogP contribution in [0.3, 0.4) is 0 Å². The van der Waals surface area contributed by atoms with Crippen LogP contribution >= 0.6 is 0 Å². The van der Waals surface area contributed by atoms with Crippen LogP contribution in [0.5, 0.6) is 5.75 Å². The fourth-order valence-electron chi connectivity index (χ4n) is 1.72. The lowest BCUT2D eigenvalue weighted by Gasteiger charge is -2.21. The lowest BCUT2D eigenvalue weighted by Crippen LogP contribution is -2.37. The smallest absolute Gasteiger partial charge is 0.447 e. The molecule has 0 radical (unpaired) electrons. The van der Waals surface area contributed by atoms with Crippen LogP contribution in [0.15, 0.2) is 24.3 Å². The van der Waals surface area contributed by atoms with Crippen molar-refractivity contribution in [2.75, 3.05) is 6.61 Å². The molecule has 1 aliphatic rings. The molecule has 10 heteroatoms. The van der Waals surface area contributed by atoms with Gasteiger partial charge in [-0.3, -0.25) is 0 Å². The molecule has 1 saturated heterocycles. The van der Waals surface area contributed by atoms with E-state index in [2.05, 4.69) is 9.50 Å². The van der Waals surface area contributed by atoms with E-state index in [4.69, 9.17) is 4.74 Å². The maximum Gasteiger partial charge on any atom is 0.534 e. The van der Waals surface area contributed by atoms with Gasteiger partial charge in [0, 0.05) is 0 Å². The van der Waals surface area contributed by atoms with E-state index in [0.29, 0.717) is 5.56 Å². The number of carbonyl (C=O) groups excluding carboxylic acids is 1. The van der Waals surface area contributed by atoms with E-state index >= 15 is 0 Å². The van der Waals surface area contributed by atoms with Gasteiger partial charge in [0.1, 0.15) is 12.4 Å². The number of benzene rings is 1. The topological polar surface area (TPSA) is 81.7 Å². The van der Waals surface area contributed by atoms with Gasteiger partial charge in [0.15, 0.2) is 0 Å². The van der Waals surface area contributed by atoms with Crippen LogP contribution in [0.4, 0.5) is 18.0 Å². The summed E-state index contributed by atoms with van der Waals surface area (Å²) in [4.78, 5) is 11.0. The molecule has 1 atom stereocenters. The van der Waals surface area contributed by atoms with E-state index in [0.717, 1.165) is 12.1 Å². The van der Waals surface area contributed by atoms with E-state index in [1.165, 1.54) is 12.1 Å². The number of halogens is 3. The molecule has 2 rings (SSSR count). The molecular weight excluding hydrogens is 315 g/mol.